The van der Waals surface area contributed by atoms with Crippen molar-refractivity contribution in [1.82, 2.24) is 4.31 Å². The van der Waals surface area contributed by atoms with Crippen LogP contribution in [0.4, 0.5) is 0 Å². The first-order valence-electron chi connectivity index (χ1n) is 6.23. The molecule has 3 rings (SSSR count). The summed E-state index contributed by atoms with van der Waals surface area (Å²) < 4.78 is 38.3. The van der Waals surface area contributed by atoms with E-state index < -0.39 is 16.3 Å². The van der Waals surface area contributed by atoms with Crippen LogP contribution >= 0.6 is 11.3 Å². The molecule has 2 heterocycles. The molecule has 0 aliphatic carbocycles. The fourth-order valence-corrected chi connectivity index (χ4v) is 5.13. The maximum Gasteiger partial charge on any atom is 0.244 e. The van der Waals surface area contributed by atoms with Crippen molar-refractivity contribution in [2.45, 2.75) is 11.2 Å². The largest absolute Gasteiger partial charge is 0.354 e. The molecule has 1 aliphatic heterocycles. The van der Waals surface area contributed by atoms with E-state index in [2.05, 4.69) is 0 Å². The Morgan fingerprint density at radius 2 is 2.20 bits per heavy atom. The van der Waals surface area contributed by atoms with Gasteiger partial charge in [0.1, 0.15) is 4.90 Å². The Balaban J connectivity index is 1.99. The van der Waals surface area contributed by atoms with E-state index in [1.54, 1.807) is 5.38 Å². The third-order valence-corrected chi connectivity index (χ3v) is 6.34. The maximum atomic E-state index is 12.7. The second-order valence-corrected chi connectivity index (χ2v) is 7.31. The van der Waals surface area contributed by atoms with Crippen molar-refractivity contribution in [3.63, 3.8) is 0 Å². The first-order chi connectivity index (χ1) is 9.63. The lowest BCUT2D eigenvalue weighted by Crippen LogP contribution is -2.46. The molecule has 0 N–H and O–H groups in total. The highest BCUT2D eigenvalue weighted by molar-refractivity contribution is 7.89. The summed E-state index contributed by atoms with van der Waals surface area (Å²) in [5.41, 5.74) is 0. The Bertz CT molecular complexity index is 710. The lowest BCUT2D eigenvalue weighted by Gasteiger charge is -2.30. The third kappa shape index (κ3) is 2.36. The van der Waals surface area contributed by atoms with E-state index in [1.807, 2.05) is 24.3 Å². The van der Waals surface area contributed by atoms with Gasteiger partial charge < -0.3 is 9.47 Å². The minimum absolute atomic E-state index is 0.225. The fraction of sp³-hybridized carbons (Fsp3) is 0.385. The number of methoxy groups -OCH3 is 1. The van der Waals surface area contributed by atoms with Crippen molar-refractivity contribution in [2.75, 3.05) is 26.8 Å². The number of morpholine rings is 1. The van der Waals surface area contributed by atoms with Crippen molar-refractivity contribution in [3.05, 3.63) is 29.6 Å². The predicted octanol–water partition coefficient (Wildman–Crippen LogP) is 1.89. The van der Waals surface area contributed by atoms with Gasteiger partial charge >= 0.3 is 0 Å². The molecule has 0 amide bonds. The first-order valence-corrected chi connectivity index (χ1v) is 8.55. The van der Waals surface area contributed by atoms with Crippen LogP contribution in [0, 0.1) is 0 Å². The van der Waals surface area contributed by atoms with Crippen LogP contribution in [0.3, 0.4) is 0 Å². The molecular formula is C13H15NO4S2. The fourth-order valence-electron chi connectivity index (χ4n) is 2.25. The van der Waals surface area contributed by atoms with Gasteiger partial charge in [0.15, 0.2) is 6.29 Å². The van der Waals surface area contributed by atoms with Crippen LogP contribution < -0.4 is 0 Å². The molecule has 1 aliphatic rings. The highest BCUT2D eigenvalue weighted by Crippen LogP contribution is 2.31. The van der Waals surface area contributed by atoms with Crippen molar-refractivity contribution in [3.8, 4) is 0 Å². The van der Waals surface area contributed by atoms with Crippen LogP contribution in [0.1, 0.15) is 0 Å². The van der Waals surface area contributed by atoms with Gasteiger partial charge in [-0.2, -0.15) is 4.31 Å². The molecule has 7 heteroatoms. The van der Waals surface area contributed by atoms with Crippen LogP contribution in [0.5, 0.6) is 0 Å². The summed E-state index contributed by atoms with van der Waals surface area (Å²) >= 11 is 1.44. The summed E-state index contributed by atoms with van der Waals surface area (Å²) in [6.07, 6.45) is -0.497. The Labute approximate surface area is 121 Å². The van der Waals surface area contributed by atoms with E-state index in [1.165, 1.54) is 22.8 Å². The molecule has 0 spiro atoms. The molecule has 0 unspecified atom stereocenters. The summed E-state index contributed by atoms with van der Waals surface area (Å²) in [5.74, 6) is 0. The minimum Gasteiger partial charge on any atom is -0.354 e. The average molecular weight is 313 g/mol. The number of sulfonamides is 1. The number of fused-ring (bicyclic) bond motifs is 1. The normalized spacial score (nSPS) is 21.4. The first kappa shape index (κ1) is 14.0. The van der Waals surface area contributed by atoms with Gasteiger partial charge in [0.2, 0.25) is 10.0 Å². The number of ether oxygens (including phenoxy) is 2. The van der Waals surface area contributed by atoms with E-state index >= 15 is 0 Å². The third-order valence-electron chi connectivity index (χ3n) is 3.32. The highest BCUT2D eigenvalue weighted by Gasteiger charge is 2.32. The van der Waals surface area contributed by atoms with Gasteiger partial charge in [-0.1, -0.05) is 18.2 Å². The number of hydrogen-bond acceptors (Lipinski definition) is 5. The molecule has 20 heavy (non-hydrogen) atoms. The molecule has 0 saturated carbocycles. The molecule has 2 aromatic rings. The summed E-state index contributed by atoms with van der Waals surface area (Å²) in [6, 6.07) is 7.53. The zero-order valence-corrected chi connectivity index (χ0v) is 12.6. The van der Waals surface area contributed by atoms with E-state index in [0.717, 1.165) is 10.1 Å². The topological polar surface area (TPSA) is 55.8 Å². The lowest BCUT2D eigenvalue weighted by atomic mass is 10.3. The van der Waals surface area contributed by atoms with Crippen LogP contribution in [0.25, 0.3) is 10.1 Å². The molecule has 1 aromatic heterocycles. The number of hydrogen-bond donors (Lipinski definition) is 0. The molecule has 108 valence electrons. The van der Waals surface area contributed by atoms with Crippen LogP contribution in [0.15, 0.2) is 34.5 Å². The molecule has 1 aromatic carbocycles. The zero-order valence-electron chi connectivity index (χ0n) is 11.0. The monoisotopic (exact) mass is 313 g/mol. The molecule has 1 saturated heterocycles. The summed E-state index contributed by atoms with van der Waals surface area (Å²) in [4.78, 5) is 0.370. The van der Waals surface area contributed by atoms with Crippen molar-refractivity contribution in [1.29, 1.82) is 0 Å². The number of thiophene rings is 1. The number of rotatable bonds is 3. The Morgan fingerprint density at radius 1 is 1.40 bits per heavy atom. The van der Waals surface area contributed by atoms with Gasteiger partial charge in [-0.05, 0) is 6.07 Å². The summed E-state index contributed by atoms with van der Waals surface area (Å²) in [5, 5.41) is 2.48. The van der Waals surface area contributed by atoms with Gasteiger partial charge in [-0.3, -0.25) is 0 Å². The van der Waals surface area contributed by atoms with Crippen LogP contribution in [0.2, 0.25) is 0 Å². The van der Waals surface area contributed by atoms with Crippen molar-refractivity contribution in [2.24, 2.45) is 0 Å². The standard InChI is InChI=1S/C13H15NO4S2/c1-17-13-8-14(6-7-18-13)20(15,16)12-9-19-11-5-3-2-4-10(11)12/h2-5,9,13H,6-8H2,1H3/t13-/m1/s1. The number of benzene rings is 1. The smallest absolute Gasteiger partial charge is 0.244 e. The SMILES string of the molecule is CO[C@H]1CN(S(=O)(=O)c2csc3ccccc23)CCO1. The predicted molar refractivity (Wildman–Crippen MR) is 77.3 cm³/mol. The Hall–Kier alpha value is -0.990. The summed E-state index contributed by atoms with van der Waals surface area (Å²) in [6.45, 7) is 0.926. The molecule has 5 nitrogen and oxygen atoms in total. The molecule has 1 fully saturated rings. The lowest BCUT2D eigenvalue weighted by molar-refractivity contribution is -0.151. The average Bonchev–Trinajstić information content (AvgIpc) is 2.92. The Kier molecular flexibility index (Phi) is 3.78. The van der Waals surface area contributed by atoms with Gasteiger partial charge in [0, 0.05) is 29.1 Å². The molecule has 0 radical (unpaired) electrons. The van der Waals surface area contributed by atoms with Crippen molar-refractivity contribution >= 4 is 31.4 Å². The van der Waals surface area contributed by atoms with Crippen LogP contribution in [-0.4, -0.2) is 45.8 Å². The molecule has 1 atom stereocenters. The Morgan fingerprint density at radius 3 is 3.00 bits per heavy atom. The molecular weight excluding hydrogens is 298 g/mol. The van der Waals surface area contributed by atoms with E-state index in [9.17, 15) is 8.42 Å². The summed E-state index contributed by atoms with van der Waals surface area (Å²) in [7, 11) is -1.99. The second-order valence-electron chi connectivity index (χ2n) is 4.50. The van der Waals surface area contributed by atoms with E-state index in [-0.39, 0.29) is 6.54 Å². The van der Waals surface area contributed by atoms with Gasteiger partial charge in [-0.15, -0.1) is 11.3 Å². The second kappa shape index (κ2) is 5.42. The highest BCUT2D eigenvalue weighted by atomic mass is 32.2. The zero-order chi connectivity index (χ0) is 14.2. The van der Waals surface area contributed by atoms with E-state index in [4.69, 9.17) is 9.47 Å². The maximum absolute atomic E-state index is 12.7. The van der Waals surface area contributed by atoms with Gasteiger partial charge in [-0.25, -0.2) is 8.42 Å². The van der Waals surface area contributed by atoms with Gasteiger partial charge in [0.25, 0.3) is 0 Å². The van der Waals surface area contributed by atoms with E-state index in [0.29, 0.717) is 18.0 Å². The van der Waals surface area contributed by atoms with Crippen molar-refractivity contribution < 1.29 is 17.9 Å². The van der Waals surface area contributed by atoms with Crippen LogP contribution in [-0.2, 0) is 19.5 Å². The molecule has 0 bridgehead atoms. The number of nitrogens with zero attached hydrogens (tertiary/aromatic N) is 1. The minimum atomic E-state index is -3.50. The van der Waals surface area contributed by atoms with Gasteiger partial charge in [0.05, 0.1) is 13.2 Å². The quantitative estimate of drug-likeness (QED) is 0.868.